The SMILES string of the molecule is Cn1cc(-c2ccc3cnc(NC(=O)c4ccnc(CN5CCOCC5)c4)cc3c2)cn1. The summed E-state index contributed by atoms with van der Waals surface area (Å²) < 4.78 is 7.17. The molecule has 0 atom stereocenters. The van der Waals surface area contributed by atoms with Crippen LogP contribution in [0.5, 0.6) is 0 Å². The van der Waals surface area contributed by atoms with Crippen molar-refractivity contribution in [2.75, 3.05) is 31.6 Å². The average Bonchev–Trinajstić information content (AvgIpc) is 3.26. The molecule has 0 radical (unpaired) electrons. The lowest BCUT2D eigenvalue weighted by Gasteiger charge is -2.26. The number of nitrogens with zero attached hydrogens (tertiary/aromatic N) is 5. The van der Waals surface area contributed by atoms with Gasteiger partial charge in [0.1, 0.15) is 5.82 Å². The summed E-state index contributed by atoms with van der Waals surface area (Å²) in [5, 5.41) is 9.16. The Kier molecular flexibility index (Phi) is 5.62. The molecule has 162 valence electrons. The molecule has 4 heterocycles. The van der Waals surface area contributed by atoms with E-state index in [4.69, 9.17) is 4.74 Å². The third-order valence-electron chi connectivity index (χ3n) is 5.57. The van der Waals surface area contributed by atoms with Crippen molar-refractivity contribution in [3.63, 3.8) is 0 Å². The van der Waals surface area contributed by atoms with Gasteiger partial charge in [-0.05, 0) is 35.2 Å². The first-order chi connectivity index (χ1) is 15.6. The van der Waals surface area contributed by atoms with Gasteiger partial charge in [0, 0.05) is 61.8 Å². The van der Waals surface area contributed by atoms with Gasteiger partial charge in [-0.25, -0.2) is 4.98 Å². The van der Waals surface area contributed by atoms with E-state index in [0.717, 1.165) is 53.9 Å². The molecule has 1 saturated heterocycles. The van der Waals surface area contributed by atoms with Crippen molar-refractivity contribution < 1.29 is 9.53 Å². The molecule has 8 nitrogen and oxygen atoms in total. The Hall–Kier alpha value is -3.62. The highest BCUT2D eigenvalue weighted by Crippen LogP contribution is 2.25. The molecule has 0 saturated carbocycles. The van der Waals surface area contributed by atoms with Gasteiger partial charge < -0.3 is 10.1 Å². The lowest BCUT2D eigenvalue weighted by molar-refractivity contribution is 0.0336. The molecule has 1 aromatic carbocycles. The Labute approximate surface area is 185 Å². The van der Waals surface area contributed by atoms with Gasteiger partial charge in [-0.3, -0.25) is 19.4 Å². The molecule has 8 heteroatoms. The zero-order chi connectivity index (χ0) is 21.9. The third kappa shape index (κ3) is 4.51. The van der Waals surface area contributed by atoms with Crippen molar-refractivity contribution in [2.45, 2.75) is 6.54 Å². The van der Waals surface area contributed by atoms with Crippen LogP contribution in [0, 0.1) is 0 Å². The minimum Gasteiger partial charge on any atom is -0.379 e. The summed E-state index contributed by atoms with van der Waals surface area (Å²) in [6.45, 7) is 3.92. The van der Waals surface area contributed by atoms with E-state index in [0.29, 0.717) is 17.9 Å². The highest BCUT2D eigenvalue weighted by Gasteiger charge is 2.14. The smallest absolute Gasteiger partial charge is 0.256 e. The fraction of sp³-hybridized carbons (Fsp3) is 0.250. The standard InChI is InChI=1S/C24H24N6O2/c1-29-15-21(14-27-29)17-2-3-19-13-26-23(12-20(19)10-17)28-24(31)18-4-5-25-22(11-18)16-30-6-8-32-9-7-30/h2-5,10-15H,6-9,16H2,1H3,(H,26,28,31). The second-order valence-electron chi connectivity index (χ2n) is 7.91. The number of rotatable bonds is 5. The molecule has 32 heavy (non-hydrogen) atoms. The molecule has 1 amide bonds. The lowest BCUT2D eigenvalue weighted by atomic mass is 10.1. The highest BCUT2D eigenvalue weighted by atomic mass is 16.5. The van der Waals surface area contributed by atoms with Gasteiger partial charge in [0.2, 0.25) is 0 Å². The third-order valence-corrected chi connectivity index (χ3v) is 5.57. The first-order valence-corrected chi connectivity index (χ1v) is 10.6. The van der Waals surface area contributed by atoms with Gasteiger partial charge in [0.25, 0.3) is 5.91 Å². The Morgan fingerprint density at radius 2 is 1.91 bits per heavy atom. The maximum absolute atomic E-state index is 12.9. The molecule has 1 aliphatic heterocycles. The van der Waals surface area contributed by atoms with E-state index >= 15 is 0 Å². The van der Waals surface area contributed by atoms with Crippen molar-refractivity contribution in [2.24, 2.45) is 7.05 Å². The largest absolute Gasteiger partial charge is 0.379 e. The van der Waals surface area contributed by atoms with E-state index in [-0.39, 0.29) is 5.91 Å². The number of carbonyl (C=O) groups excluding carboxylic acids is 1. The zero-order valence-electron chi connectivity index (χ0n) is 17.9. The molecule has 0 unspecified atom stereocenters. The Balaban J connectivity index is 1.33. The number of hydrogen-bond donors (Lipinski definition) is 1. The van der Waals surface area contributed by atoms with Crippen molar-refractivity contribution in [3.8, 4) is 11.1 Å². The quantitative estimate of drug-likeness (QED) is 0.526. The number of anilines is 1. The Bertz CT molecular complexity index is 1260. The van der Waals surface area contributed by atoms with Gasteiger partial charge in [0.05, 0.1) is 25.1 Å². The van der Waals surface area contributed by atoms with Crippen LogP contribution in [0.1, 0.15) is 16.1 Å². The molecule has 4 aromatic rings. The summed E-state index contributed by atoms with van der Waals surface area (Å²) in [5.41, 5.74) is 3.54. The van der Waals surface area contributed by atoms with Crippen molar-refractivity contribution in [1.82, 2.24) is 24.6 Å². The Morgan fingerprint density at radius 1 is 1.03 bits per heavy atom. The predicted octanol–water partition coefficient (Wildman–Crippen LogP) is 3.11. The van der Waals surface area contributed by atoms with Gasteiger partial charge >= 0.3 is 0 Å². The van der Waals surface area contributed by atoms with E-state index in [1.165, 1.54) is 0 Å². The maximum atomic E-state index is 12.9. The van der Waals surface area contributed by atoms with E-state index in [1.807, 2.05) is 43.7 Å². The summed E-state index contributed by atoms with van der Waals surface area (Å²) in [6.07, 6.45) is 7.26. The molecule has 1 aliphatic rings. The van der Waals surface area contributed by atoms with Gasteiger partial charge in [-0.1, -0.05) is 12.1 Å². The minimum absolute atomic E-state index is 0.203. The number of hydrogen-bond acceptors (Lipinski definition) is 6. The molecule has 1 N–H and O–H groups in total. The fourth-order valence-corrected chi connectivity index (χ4v) is 3.84. The maximum Gasteiger partial charge on any atom is 0.256 e. The number of nitrogens with one attached hydrogen (secondary N) is 1. The monoisotopic (exact) mass is 428 g/mol. The normalized spacial score (nSPS) is 14.5. The molecule has 3 aromatic heterocycles. The van der Waals surface area contributed by atoms with E-state index < -0.39 is 0 Å². The molecule has 0 spiro atoms. The molecule has 0 bridgehead atoms. The van der Waals surface area contributed by atoms with E-state index in [9.17, 15) is 4.79 Å². The zero-order valence-corrected chi connectivity index (χ0v) is 17.9. The minimum atomic E-state index is -0.203. The van der Waals surface area contributed by atoms with Gasteiger partial charge in [-0.2, -0.15) is 5.10 Å². The Morgan fingerprint density at radius 3 is 2.72 bits per heavy atom. The molecular formula is C24H24N6O2. The van der Waals surface area contributed by atoms with Crippen LogP contribution in [0.3, 0.4) is 0 Å². The summed E-state index contributed by atoms with van der Waals surface area (Å²) in [4.78, 5) is 24.0. The number of amides is 1. The molecular weight excluding hydrogens is 404 g/mol. The summed E-state index contributed by atoms with van der Waals surface area (Å²) in [5.74, 6) is 0.309. The van der Waals surface area contributed by atoms with Crippen LogP contribution in [-0.4, -0.2) is 56.9 Å². The van der Waals surface area contributed by atoms with Crippen LogP contribution in [0.4, 0.5) is 5.82 Å². The second-order valence-corrected chi connectivity index (χ2v) is 7.91. The first kappa shape index (κ1) is 20.3. The van der Waals surface area contributed by atoms with Crippen LogP contribution in [0.25, 0.3) is 21.9 Å². The lowest BCUT2D eigenvalue weighted by Crippen LogP contribution is -2.35. The van der Waals surface area contributed by atoms with Crippen LogP contribution < -0.4 is 5.32 Å². The summed E-state index contributed by atoms with van der Waals surface area (Å²) in [7, 11) is 1.90. The molecule has 0 aliphatic carbocycles. The topological polar surface area (TPSA) is 85.2 Å². The number of fused-ring (bicyclic) bond motifs is 1. The van der Waals surface area contributed by atoms with Gasteiger partial charge in [-0.15, -0.1) is 0 Å². The number of aromatic nitrogens is 4. The average molecular weight is 428 g/mol. The van der Waals surface area contributed by atoms with Crippen LogP contribution in [0.2, 0.25) is 0 Å². The number of carbonyl (C=O) groups is 1. The number of pyridine rings is 2. The van der Waals surface area contributed by atoms with E-state index in [2.05, 4.69) is 31.3 Å². The van der Waals surface area contributed by atoms with Crippen LogP contribution in [-0.2, 0) is 18.3 Å². The number of aryl methyl sites for hydroxylation is 1. The number of ether oxygens (including phenoxy) is 1. The molecule has 1 fully saturated rings. The van der Waals surface area contributed by atoms with E-state index in [1.54, 1.807) is 23.1 Å². The fourth-order valence-electron chi connectivity index (χ4n) is 3.84. The first-order valence-electron chi connectivity index (χ1n) is 10.6. The van der Waals surface area contributed by atoms with Crippen molar-refractivity contribution in [3.05, 3.63) is 72.4 Å². The second kappa shape index (κ2) is 8.86. The predicted molar refractivity (Wildman–Crippen MR) is 122 cm³/mol. The summed E-state index contributed by atoms with van der Waals surface area (Å²) >= 11 is 0. The van der Waals surface area contributed by atoms with Crippen LogP contribution >= 0.6 is 0 Å². The van der Waals surface area contributed by atoms with Crippen molar-refractivity contribution in [1.29, 1.82) is 0 Å². The van der Waals surface area contributed by atoms with Gasteiger partial charge in [0.15, 0.2) is 0 Å². The molecule has 5 rings (SSSR count). The number of morpholine rings is 1. The summed E-state index contributed by atoms with van der Waals surface area (Å²) in [6, 6.07) is 11.6. The highest BCUT2D eigenvalue weighted by molar-refractivity contribution is 6.04. The van der Waals surface area contributed by atoms with Crippen LogP contribution in [0.15, 0.2) is 61.2 Å². The van der Waals surface area contributed by atoms with Crippen molar-refractivity contribution >= 4 is 22.5 Å². The number of benzene rings is 1.